The van der Waals surface area contributed by atoms with Crippen LogP contribution < -0.4 is 19.9 Å². The van der Waals surface area contributed by atoms with Crippen molar-refractivity contribution in [1.29, 1.82) is 0 Å². The number of aromatic amines is 1. The number of carbonyl (C=O) groups excluding carboxylic acids is 1. The van der Waals surface area contributed by atoms with Gasteiger partial charge in [0.15, 0.2) is 4.90 Å². The lowest BCUT2D eigenvalue weighted by molar-refractivity contribution is 0.0981. The zero-order valence-corrected chi connectivity index (χ0v) is 23.2. The Labute approximate surface area is 230 Å². The van der Waals surface area contributed by atoms with Crippen molar-refractivity contribution in [3.8, 4) is 17.0 Å². The van der Waals surface area contributed by atoms with E-state index in [1.54, 1.807) is 12.1 Å². The van der Waals surface area contributed by atoms with E-state index in [9.17, 15) is 22.4 Å². The summed E-state index contributed by atoms with van der Waals surface area (Å²) in [7, 11) is -4.45. The molecule has 0 radical (unpaired) electrons. The van der Waals surface area contributed by atoms with Gasteiger partial charge in [-0.05, 0) is 75.4 Å². The van der Waals surface area contributed by atoms with Crippen LogP contribution in [0.1, 0.15) is 60.2 Å². The number of aromatic nitrogens is 2. The summed E-state index contributed by atoms with van der Waals surface area (Å²) in [5.74, 6) is -0.312. The molecule has 212 valence electrons. The Balaban J connectivity index is 0.00000294. The van der Waals surface area contributed by atoms with E-state index in [1.807, 2.05) is 23.5 Å². The summed E-state index contributed by atoms with van der Waals surface area (Å²) in [6.45, 7) is 8.60. The number of nitrogens with one attached hydrogen (secondary N) is 2. The van der Waals surface area contributed by atoms with Crippen LogP contribution in [0.15, 0.2) is 58.4 Å². The minimum Gasteiger partial charge on any atom is -0.493 e. The topological polar surface area (TPSA) is 121 Å². The highest BCUT2D eigenvalue weighted by Crippen LogP contribution is 2.34. The minimum atomic E-state index is -4.45. The van der Waals surface area contributed by atoms with Crippen LogP contribution in [-0.2, 0) is 10.0 Å². The van der Waals surface area contributed by atoms with E-state index in [2.05, 4.69) is 18.8 Å². The number of H-pyrrole nitrogens is 1. The van der Waals surface area contributed by atoms with Gasteiger partial charge in [0, 0.05) is 32.8 Å². The molecule has 0 bridgehead atoms. The molecule has 39 heavy (non-hydrogen) atoms. The molecule has 3 heterocycles. The lowest BCUT2D eigenvalue weighted by atomic mass is 10.1. The van der Waals surface area contributed by atoms with Crippen LogP contribution in [0.25, 0.3) is 11.3 Å². The first-order chi connectivity index (χ1) is 18.5. The highest BCUT2D eigenvalue weighted by atomic mass is 32.2. The van der Waals surface area contributed by atoms with Gasteiger partial charge >= 0.3 is 0 Å². The van der Waals surface area contributed by atoms with Crippen LogP contribution in [0.2, 0.25) is 0 Å². The van der Waals surface area contributed by atoms with E-state index >= 15 is 0 Å². The maximum absolute atomic E-state index is 14.5. The molecular weight excluding hydrogens is 523 g/mol. The molecule has 1 fully saturated rings. The lowest BCUT2D eigenvalue weighted by Gasteiger charge is -2.29. The fourth-order valence-corrected chi connectivity index (χ4v) is 5.68. The van der Waals surface area contributed by atoms with Crippen molar-refractivity contribution in [3.05, 3.63) is 70.4 Å². The van der Waals surface area contributed by atoms with Gasteiger partial charge in [0.25, 0.3) is 21.5 Å². The molecule has 0 unspecified atom stereocenters. The van der Waals surface area contributed by atoms with Crippen molar-refractivity contribution >= 4 is 21.7 Å². The van der Waals surface area contributed by atoms with Gasteiger partial charge < -0.3 is 14.6 Å². The van der Waals surface area contributed by atoms with Gasteiger partial charge in [-0.2, -0.15) is 0 Å². The van der Waals surface area contributed by atoms with Crippen LogP contribution in [-0.4, -0.2) is 43.0 Å². The molecule has 0 saturated carbocycles. The predicted molar refractivity (Wildman–Crippen MR) is 151 cm³/mol. The van der Waals surface area contributed by atoms with Crippen LogP contribution in [0.3, 0.4) is 0 Å². The van der Waals surface area contributed by atoms with Crippen molar-refractivity contribution < 1.29 is 25.2 Å². The van der Waals surface area contributed by atoms with Crippen LogP contribution >= 0.6 is 0 Å². The van der Waals surface area contributed by atoms with Gasteiger partial charge in [-0.15, -0.1) is 0 Å². The number of benzene rings is 1. The summed E-state index contributed by atoms with van der Waals surface area (Å²) >= 11 is 0. The average Bonchev–Trinajstić information content (AvgIpc) is 3.20. The van der Waals surface area contributed by atoms with Crippen molar-refractivity contribution in [2.45, 2.75) is 63.9 Å². The second-order valence-electron chi connectivity index (χ2n) is 10.3. The second-order valence-corrected chi connectivity index (χ2v) is 11.9. The Morgan fingerprint density at radius 1 is 1.21 bits per heavy atom. The van der Waals surface area contributed by atoms with Crippen molar-refractivity contribution in [2.75, 3.05) is 11.5 Å². The van der Waals surface area contributed by atoms with E-state index in [0.29, 0.717) is 29.5 Å². The fraction of sp³-hybridized carbons (Fsp3) is 0.393. The molecule has 1 aliphatic rings. The number of halogens is 1. The Kier molecular flexibility index (Phi) is 8.39. The van der Waals surface area contributed by atoms with E-state index in [-0.39, 0.29) is 26.3 Å². The summed E-state index contributed by atoms with van der Waals surface area (Å²) < 4.78 is 48.0. The third kappa shape index (κ3) is 6.47. The fourth-order valence-electron chi connectivity index (χ4n) is 4.65. The van der Waals surface area contributed by atoms with Gasteiger partial charge in [0.05, 0.1) is 17.9 Å². The molecule has 11 heteroatoms. The Bertz CT molecular complexity index is 1520. The maximum atomic E-state index is 14.5. The number of pyridine rings is 2. The number of rotatable bonds is 9. The summed E-state index contributed by atoms with van der Waals surface area (Å²) in [4.78, 5) is 33.8. The zero-order valence-electron chi connectivity index (χ0n) is 22.4. The molecule has 2 N–H and O–H groups in total. The van der Waals surface area contributed by atoms with Crippen molar-refractivity contribution in [1.82, 2.24) is 14.7 Å². The normalized spacial score (nSPS) is 17.4. The predicted octanol–water partition coefficient (Wildman–Crippen LogP) is 4.99. The van der Waals surface area contributed by atoms with Gasteiger partial charge in [-0.1, -0.05) is 13.8 Å². The number of ether oxygens (including phenoxy) is 1. The summed E-state index contributed by atoms with van der Waals surface area (Å²) in [6, 6.07) is 9.89. The van der Waals surface area contributed by atoms with E-state index in [4.69, 9.17) is 9.72 Å². The molecule has 0 spiro atoms. The second kappa shape index (κ2) is 11.6. The SMILES string of the molecule is CC(C)CCOc1cc(F)cc(-c2ccc(C(=O)NS(=O)(=O)c3ccc[nH]c3=O)c(N3[C@H](C)CC[C@@H]3C)n2)c1.[HH].[HH]. The third-order valence-corrected chi connectivity index (χ3v) is 8.10. The molecule has 4 rings (SSSR count). The lowest BCUT2D eigenvalue weighted by Crippen LogP contribution is -2.38. The molecule has 1 aromatic carbocycles. The highest BCUT2D eigenvalue weighted by Gasteiger charge is 2.33. The molecule has 2 atom stereocenters. The van der Waals surface area contributed by atoms with Gasteiger partial charge in [-0.3, -0.25) is 9.59 Å². The third-order valence-electron chi connectivity index (χ3n) is 6.75. The first-order valence-corrected chi connectivity index (χ1v) is 14.4. The van der Waals surface area contributed by atoms with Gasteiger partial charge in [0.2, 0.25) is 0 Å². The number of nitrogens with zero attached hydrogens (tertiary/aromatic N) is 2. The number of sulfonamides is 1. The highest BCUT2D eigenvalue weighted by molar-refractivity contribution is 7.90. The summed E-state index contributed by atoms with van der Waals surface area (Å²) in [6.07, 6.45) is 3.84. The van der Waals surface area contributed by atoms with Crippen molar-refractivity contribution in [2.24, 2.45) is 5.92 Å². The van der Waals surface area contributed by atoms with Crippen LogP contribution in [0, 0.1) is 11.7 Å². The number of amides is 1. The van der Waals surface area contributed by atoms with Gasteiger partial charge in [0.1, 0.15) is 17.4 Å². The minimum absolute atomic E-state index is 0. The molecule has 9 nitrogen and oxygen atoms in total. The molecular formula is C28H37FN4O5S. The number of hydrogen-bond acceptors (Lipinski definition) is 7. The zero-order chi connectivity index (χ0) is 28.3. The Morgan fingerprint density at radius 3 is 2.59 bits per heavy atom. The largest absolute Gasteiger partial charge is 0.493 e. The molecule has 1 amide bonds. The van der Waals surface area contributed by atoms with E-state index < -0.39 is 32.2 Å². The van der Waals surface area contributed by atoms with Crippen LogP contribution in [0.4, 0.5) is 10.2 Å². The quantitative estimate of drug-likeness (QED) is 0.378. The summed E-state index contributed by atoms with van der Waals surface area (Å²) in [5, 5.41) is 0. The number of anilines is 1. The molecule has 3 aromatic rings. The van der Waals surface area contributed by atoms with E-state index in [1.165, 1.54) is 30.5 Å². The Morgan fingerprint density at radius 2 is 1.92 bits per heavy atom. The standard InChI is InChI=1S/C28H33FN4O5S.2H2/c1-17(2)11-13-38-22-15-20(14-21(29)16-22)24-10-9-23(26(31-24)33-18(3)7-8-19(33)4)27(34)32-39(36,37)25-6-5-12-30-28(25)35;;/h5-6,9-10,12,14-19H,7-8,11,13H2,1-4H3,(H,30,35)(H,32,34);2*1H/t18-,19+;;. The number of carbonyl (C=O) groups is 1. The molecule has 2 aromatic heterocycles. The first-order valence-electron chi connectivity index (χ1n) is 12.9. The average molecular weight is 561 g/mol. The first kappa shape index (κ1) is 28.3. The molecule has 0 aliphatic carbocycles. The van der Waals surface area contributed by atoms with Gasteiger partial charge in [-0.25, -0.2) is 22.5 Å². The molecule has 1 saturated heterocycles. The maximum Gasteiger partial charge on any atom is 0.269 e. The number of hydrogen-bond donors (Lipinski definition) is 2. The van der Waals surface area contributed by atoms with Crippen LogP contribution in [0.5, 0.6) is 5.75 Å². The van der Waals surface area contributed by atoms with Crippen molar-refractivity contribution in [3.63, 3.8) is 0 Å². The van der Waals surface area contributed by atoms with E-state index in [0.717, 1.165) is 25.3 Å². The monoisotopic (exact) mass is 560 g/mol. The Hall–Kier alpha value is -3.73. The smallest absolute Gasteiger partial charge is 0.269 e. The summed E-state index contributed by atoms with van der Waals surface area (Å²) in [5.41, 5.74) is 0.0556. The molecule has 1 aliphatic heterocycles.